The molecule has 0 aliphatic rings. The van der Waals surface area contributed by atoms with Gasteiger partial charge in [0.1, 0.15) is 11.5 Å². The lowest BCUT2D eigenvalue weighted by Crippen LogP contribution is -2.24. The largest absolute Gasteiger partial charge is 0.497 e. The Morgan fingerprint density at radius 2 is 1.40 bits per heavy atom. The maximum Gasteiger partial charge on any atom is 0.118 e. The van der Waals surface area contributed by atoms with Crippen molar-refractivity contribution in [1.82, 2.24) is 0 Å². The van der Waals surface area contributed by atoms with Crippen molar-refractivity contribution in [3.05, 3.63) is 59.7 Å². The van der Waals surface area contributed by atoms with E-state index in [1.54, 1.807) is 14.2 Å². The maximum atomic E-state index is 9.31. The van der Waals surface area contributed by atoms with Crippen molar-refractivity contribution in [3.8, 4) is 11.5 Å². The van der Waals surface area contributed by atoms with Gasteiger partial charge in [0.15, 0.2) is 0 Å². The van der Waals surface area contributed by atoms with Crippen LogP contribution in [0, 0.1) is 0 Å². The maximum absolute atomic E-state index is 9.31. The quantitative estimate of drug-likeness (QED) is 0.710. The highest BCUT2D eigenvalue weighted by Gasteiger charge is 2.14. The molecule has 3 N–H and O–H groups in total. The molecule has 136 valence electrons. The number of methoxy groups -OCH3 is 2. The van der Waals surface area contributed by atoms with Gasteiger partial charge < -0.3 is 20.3 Å². The summed E-state index contributed by atoms with van der Waals surface area (Å²) in [5.74, 6) is 1.53. The Labute approximate surface area is 159 Å². The van der Waals surface area contributed by atoms with Crippen LogP contribution in [-0.4, -0.2) is 32.0 Å². The minimum absolute atomic E-state index is 0. The topological polar surface area (TPSA) is 64.7 Å². The van der Waals surface area contributed by atoms with Crippen LogP contribution in [0.2, 0.25) is 0 Å². The Balaban J connectivity index is 0.00000312. The van der Waals surface area contributed by atoms with Crippen LogP contribution in [-0.2, 0) is 0 Å². The van der Waals surface area contributed by atoms with Crippen molar-refractivity contribution < 1.29 is 14.6 Å². The molecule has 0 saturated carbocycles. The standard InChI is InChI=1S/C19H22ClNO3.ClH/c1-23-16-7-3-13(4-8-16)18(11-15(21)12-22)19(20)14-5-9-17(24-2)10-6-14;/h3-10,15,22H,11-12,21H2,1-2H3;1H/b19-18-;. The van der Waals surface area contributed by atoms with Gasteiger partial charge in [-0.25, -0.2) is 0 Å². The molecule has 0 bridgehead atoms. The highest BCUT2D eigenvalue weighted by molar-refractivity contribution is 6.52. The van der Waals surface area contributed by atoms with Crippen molar-refractivity contribution >= 4 is 34.6 Å². The normalized spacial score (nSPS) is 12.7. The molecule has 0 heterocycles. The molecule has 4 nitrogen and oxygen atoms in total. The summed E-state index contributed by atoms with van der Waals surface area (Å²) in [6, 6.07) is 14.7. The lowest BCUT2D eigenvalue weighted by Gasteiger charge is -2.16. The van der Waals surface area contributed by atoms with Crippen LogP contribution in [0.25, 0.3) is 10.6 Å². The van der Waals surface area contributed by atoms with E-state index in [0.717, 1.165) is 28.2 Å². The molecule has 0 amide bonds. The Hall–Kier alpha value is -1.72. The summed E-state index contributed by atoms with van der Waals surface area (Å²) < 4.78 is 10.4. The lowest BCUT2D eigenvalue weighted by molar-refractivity contribution is 0.268. The highest BCUT2D eigenvalue weighted by Crippen LogP contribution is 2.34. The van der Waals surface area contributed by atoms with Gasteiger partial charge in [-0.15, -0.1) is 12.4 Å². The zero-order valence-electron chi connectivity index (χ0n) is 14.2. The summed E-state index contributed by atoms with van der Waals surface area (Å²) in [5.41, 5.74) is 8.64. The third-order valence-corrected chi connectivity index (χ3v) is 4.19. The number of nitrogens with two attached hydrogens (primary N) is 1. The summed E-state index contributed by atoms with van der Waals surface area (Å²) in [7, 11) is 3.24. The monoisotopic (exact) mass is 383 g/mol. The molecule has 1 atom stereocenters. The van der Waals surface area contributed by atoms with Gasteiger partial charge >= 0.3 is 0 Å². The number of halogens is 2. The van der Waals surface area contributed by atoms with Gasteiger partial charge in [0.25, 0.3) is 0 Å². The summed E-state index contributed by atoms with van der Waals surface area (Å²) in [4.78, 5) is 0. The van der Waals surface area contributed by atoms with Gasteiger partial charge in [-0.05, 0) is 59.5 Å². The molecule has 2 aromatic carbocycles. The molecular weight excluding hydrogens is 361 g/mol. The zero-order chi connectivity index (χ0) is 17.5. The number of rotatable bonds is 7. The SMILES string of the molecule is COc1ccc(/C(Cl)=C(\CC(N)CO)c2ccc(OC)cc2)cc1.Cl. The molecule has 0 saturated heterocycles. The van der Waals surface area contributed by atoms with E-state index in [2.05, 4.69) is 0 Å². The predicted molar refractivity (Wildman–Crippen MR) is 106 cm³/mol. The van der Waals surface area contributed by atoms with E-state index in [1.165, 1.54) is 0 Å². The van der Waals surface area contributed by atoms with E-state index in [1.807, 2.05) is 48.5 Å². The molecule has 2 aromatic rings. The van der Waals surface area contributed by atoms with Crippen LogP contribution in [0.5, 0.6) is 11.5 Å². The second-order valence-corrected chi connectivity index (χ2v) is 5.77. The minimum atomic E-state index is -0.380. The number of hydrogen-bond donors (Lipinski definition) is 2. The van der Waals surface area contributed by atoms with Crippen molar-refractivity contribution in [2.45, 2.75) is 12.5 Å². The first-order valence-electron chi connectivity index (χ1n) is 7.63. The number of benzene rings is 2. The fourth-order valence-corrected chi connectivity index (χ4v) is 2.68. The van der Waals surface area contributed by atoms with Crippen molar-refractivity contribution in [2.75, 3.05) is 20.8 Å². The van der Waals surface area contributed by atoms with Crippen molar-refractivity contribution in [1.29, 1.82) is 0 Å². The van der Waals surface area contributed by atoms with Crippen LogP contribution in [0.1, 0.15) is 17.5 Å². The first-order chi connectivity index (χ1) is 11.6. The average molecular weight is 384 g/mol. The number of aliphatic hydroxyl groups is 1. The zero-order valence-corrected chi connectivity index (χ0v) is 15.8. The van der Waals surface area contributed by atoms with E-state index >= 15 is 0 Å². The lowest BCUT2D eigenvalue weighted by atomic mass is 9.96. The van der Waals surface area contributed by atoms with Gasteiger partial charge in [0, 0.05) is 6.04 Å². The first kappa shape index (κ1) is 21.3. The molecule has 0 aliphatic heterocycles. The van der Waals surface area contributed by atoms with Gasteiger partial charge in [-0.3, -0.25) is 0 Å². The van der Waals surface area contributed by atoms with Gasteiger partial charge in [-0.1, -0.05) is 23.7 Å². The van der Waals surface area contributed by atoms with Crippen LogP contribution < -0.4 is 15.2 Å². The molecule has 0 aromatic heterocycles. The van der Waals surface area contributed by atoms with Crippen molar-refractivity contribution in [2.24, 2.45) is 5.73 Å². The van der Waals surface area contributed by atoms with E-state index in [-0.39, 0.29) is 25.1 Å². The summed E-state index contributed by atoms with van der Waals surface area (Å²) in [6.45, 7) is -0.105. The Morgan fingerprint density at radius 3 is 1.80 bits per heavy atom. The molecule has 0 aliphatic carbocycles. The van der Waals surface area contributed by atoms with E-state index < -0.39 is 0 Å². The number of ether oxygens (including phenoxy) is 2. The highest BCUT2D eigenvalue weighted by atomic mass is 35.5. The molecule has 25 heavy (non-hydrogen) atoms. The molecule has 1 unspecified atom stereocenters. The molecule has 2 rings (SSSR count). The third kappa shape index (κ3) is 5.65. The average Bonchev–Trinajstić information content (AvgIpc) is 2.65. The van der Waals surface area contributed by atoms with Crippen LogP contribution in [0.3, 0.4) is 0 Å². The third-order valence-electron chi connectivity index (χ3n) is 3.75. The van der Waals surface area contributed by atoms with Gasteiger partial charge in [0.05, 0.1) is 25.9 Å². The number of hydrogen-bond acceptors (Lipinski definition) is 4. The molecule has 0 fully saturated rings. The minimum Gasteiger partial charge on any atom is -0.497 e. The van der Waals surface area contributed by atoms with E-state index in [9.17, 15) is 5.11 Å². The Morgan fingerprint density at radius 1 is 0.960 bits per heavy atom. The van der Waals surface area contributed by atoms with Gasteiger partial charge in [0.2, 0.25) is 0 Å². The summed E-state index contributed by atoms with van der Waals surface area (Å²) >= 11 is 6.65. The van der Waals surface area contributed by atoms with Crippen LogP contribution in [0.15, 0.2) is 48.5 Å². The Kier molecular flexibility index (Phi) is 8.79. The summed E-state index contributed by atoms with van der Waals surface area (Å²) in [5, 5.41) is 9.91. The second kappa shape index (κ2) is 10.3. The van der Waals surface area contributed by atoms with E-state index in [4.69, 9.17) is 26.8 Å². The number of aliphatic hydroxyl groups excluding tert-OH is 1. The van der Waals surface area contributed by atoms with Gasteiger partial charge in [-0.2, -0.15) is 0 Å². The first-order valence-corrected chi connectivity index (χ1v) is 8.00. The van der Waals surface area contributed by atoms with Crippen molar-refractivity contribution in [3.63, 3.8) is 0 Å². The fourth-order valence-electron chi connectivity index (χ4n) is 2.36. The fraction of sp³-hybridized carbons (Fsp3) is 0.263. The smallest absolute Gasteiger partial charge is 0.118 e. The van der Waals surface area contributed by atoms with E-state index in [0.29, 0.717) is 11.5 Å². The van der Waals surface area contributed by atoms with Crippen LogP contribution >= 0.6 is 24.0 Å². The molecule has 0 radical (unpaired) electrons. The molecular formula is C19H23Cl2NO3. The second-order valence-electron chi connectivity index (χ2n) is 5.40. The molecule has 6 heteroatoms. The predicted octanol–water partition coefficient (Wildman–Crippen LogP) is 3.94. The van der Waals surface area contributed by atoms with Crippen LogP contribution in [0.4, 0.5) is 0 Å². The molecule has 0 spiro atoms. The summed E-state index contributed by atoms with van der Waals surface area (Å²) in [6.07, 6.45) is 0.466. The Bertz CT molecular complexity index is 685.